The zero-order valence-electron chi connectivity index (χ0n) is 8.34. The average Bonchev–Trinajstić information content (AvgIpc) is 2.28. The molecule has 82 valence electrons. The summed E-state index contributed by atoms with van der Waals surface area (Å²) in [4.78, 5) is 8.07. The number of rotatable bonds is 1. The van der Waals surface area contributed by atoms with Gasteiger partial charge in [-0.2, -0.15) is 0 Å². The lowest BCUT2D eigenvalue weighted by Gasteiger charge is -2.08. The third-order valence-electron chi connectivity index (χ3n) is 2.24. The van der Waals surface area contributed by atoms with Gasteiger partial charge >= 0.3 is 0 Å². The molecule has 2 aromatic rings. The number of halogens is 3. The van der Waals surface area contributed by atoms with Gasteiger partial charge in [0.25, 0.3) is 0 Å². The van der Waals surface area contributed by atoms with E-state index in [1.54, 1.807) is 12.3 Å². The van der Waals surface area contributed by atoms with Gasteiger partial charge in [0.15, 0.2) is 0 Å². The Morgan fingerprint density at radius 1 is 1.00 bits per heavy atom. The van der Waals surface area contributed by atoms with Gasteiger partial charge in [0.05, 0.1) is 15.1 Å². The lowest BCUT2D eigenvalue weighted by atomic mass is 10.1. The van der Waals surface area contributed by atoms with Gasteiger partial charge in [-0.25, -0.2) is 9.97 Å². The van der Waals surface area contributed by atoms with Crippen molar-refractivity contribution >= 4 is 34.8 Å². The van der Waals surface area contributed by atoms with Gasteiger partial charge in [0, 0.05) is 23.0 Å². The van der Waals surface area contributed by atoms with E-state index in [9.17, 15) is 0 Å². The zero-order valence-corrected chi connectivity index (χ0v) is 10.6. The molecular formula is C11H7Cl3N2. The van der Waals surface area contributed by atoms with Crippen molar-refractivity contribution in [1.29, 1.82) is 0 Å². The van der Waals surface area contributed by atoms with Crippen molar-refractivity contribution in [3.8, 4) is 11.1 Å². The minimum atomic E-state index is 0.351. The van der Waals surface area contributed by atoms with Crippen molar-refractivity contribution in [3.63, 3.8) is 0 Å². The summed E-state index contributed by atoms with van der Waals surface area (Å²) in [6.45, 7) is 1.88. The van der Waals surface area contributed by atoms with Gasteiger partial charge in [0.2, 0.25) is 0 Å². The first kappa shape index (κ1) is 11.6. The maximum absolute atomic E-state index is 6.13. The Labute approximate surface area is 108 Å². The summed E-state index contributed by atoms with van der Waals surface area (Å²) >= 11 is 18.0. The molecule has 0 aliphatic heterocycles. The van der Waals surface area contributed by atoms with Crippen LogP contribution in [0, 0.1) is 6.92 Å². The number of hydrogen-bond acceptors (Lipinski definition) is 2. The van der Waals surface area contributed by atoms with Gasteiger partial charge in [-0.15, -0.1) is 0 Å². The summed E-state index contributed by atoms with van der Waals surface area (Å²) < 4.78 is 0. The summed E-state index contributed by atoms with van der Waals surface area (Å²) in [7, 11) is 0. The third-order valence-corrected chi connectivity index (χ3v) is 3.53. The van der Waals surface area contributed by atoms with Crippen molar-refractivity contribution in [2.75, 3.05) is 0 Å². The van der Waals surface area contributed by atoms with Crippen molar-refractivity contribution in [2.24, 2.45) is 0 Å². The Bertz CT molecular complexity index is 541. The smallest absolute Gasteiger partial charge is 0.115 e. The summed E-state index contributed by atoms with van der Waals surface area (Å²) in [5.74, 6) is 0. The normalized spacial score (nSPS) is 10.5. The van der Waals surface area contributed by atoms with Crippen LogP contribution in [0.2, 0.25) is 15.1 Å². The molecule has 0 fully saturated rings. The quantitative estimate of drug-likeness (QED) is 0.719. The number of nitrogens with zero attached hydrogens (tertiary/aromatic N) is 2. The molecular weight excluding hydrogens is 266 g/mol. The molecule has 1 aromatic carbocycles. The fraction of sp³-hybridized carbons (Fsp3) is 0.0909. The van der Waals surface area contributed by atoms with Gasteiger partial charge in [-0.05, 0) is 13.0 Å². The lowest BCUT2D eigenvalue weighted by molar-refractivity contribution is 1.11. The topological polar surface area (TPSA) is 25.8 Å². The standard InChI is InChI=1S/C11H7Cl3N2/c1-6-8(4-15-5-16-6)7-2-3-9(12)11(14)10(7)13/h2-5H,1H3. The minimum Gasteiger partial charge on any atom is -0.244 e. The molecule has 0 saturated heterocycles. The molecule has 1 heterocycles. The highest BCUT2D eigenvalue weighted by molar-refractivity contribution is 6.49. The van der Waals surface area contributed by atoms with E-state index >= 15 is 0 Å². The van der Waals surface area contributed by atoms with E-state index in [1.165, 1.54) is 6.33 Å². The third kappa shape index (κ3) is 2.01. The number of aryl methyl sites for hydroxylation is 1. The monoisotopic (exact) mass is 272 g/mol. The van der Waals surface area contributed by atoms with Gasteiger partial charge in [-0.1, -0.05) is 40.9 Å². The predicted octanol–water partition coefficient (Wildman–Crippen LogP) is 4.41. The Morgan fingerprint density at radius 2 is 1.75 bits per heavy atom. The van der Waals surface area contributed by atoms with Crippen LogP contribution in [0.5, 0.6) is 0 Å². The molecule has 0 aliphatic carbocycles. The van der Waals surface area contributed by atoms with Crippen LogP contribution in [-0.4, -0.2) is 9.97 Å². The fourth-order valence-electron chi connectivity index (χ4n) is 1.39. The van der Waals surface area contributed by atoms with Crippen molar-refractivity contribution < 1.29 is 0 Å². The second-order valence-corrected chi connectivity index (χ2v) is 4.41. The van der Waals surface area contributed by atoms with Crippen LogP contribution in [0.1, 0.15) is 5.69 Å². The first-order valence-corrected chi connectivity index (χ1v) is 5.65. The van der Waals surface area contributed by atoms with Crippen LogP contribution >= 0.6 is 34.8 Å². The van der Waals surface area contributed by atoms with Gasteiger partial charge in [0.1, 0.15) is 6.33 Å². The van der Waals surface area contributed by atoms with E-state index in [2.05, 4.69) is 9.97 Å². The van der Waals surface area contributed by atoms with Crippen LogP contribution in [0.25, 0.3) is 11.1 Å². The molecule has 0 bridgehead atoms. The molecule has 0 saturated carbocycles. The average molecular weight is 274 g/mol. The molecule has 0 atom stereocenters. The molecule has 0 aliphatic rings. The van der Waals surface area contributed by atoms with E-state index in [0.29, 0.717) is 15.1 Å². The molecule has 0 amide bonds. The molecule has 5 heteroatoms. The molecule has 0 unspecified atom stereocenters. The second-order valence-electron chi connectivity index (χ2n) is 3.24. The minimum absolute atomic E-state index is 0.351. The van der Waals surface area contributed by atoms with Crippen molar-refractivity contribution in [3.05, 3.63) is 45.4 Å². The molecule has 0 radical (unpaired) electrons. The van der Waals surface area contributed by atoms with E-state index in [4.69, 9.17) is 34.8 Å². The fourth-order valence-corrected chi connectivity index (χ4v) is 2.03. The Hall–Kier alpha value is -0.830. The van der Waals surface area contributed by atoms with Crippen LogP contribution in [0.3, 0.4) is 0 Å². The van der Waals surface area contributed by atoms with E-state index < -0.39 is 0 Å². The van der Waals surface area contributed by atoms with E-state index in [0.717, 1.165) is 16.8 Å². The molecule has 0 N–H and O–H groups in total. The molecule has 2 rings (SSSR count). The highest BCUT2D eigenvalue weighted by Crippen LogP contribution is 2.38. The highest BCUT2D eigenvalue weighted by Gasteiger charge is 2.12. The molecule has 1 aromatic heterocycles. The molecule has 2 nitrogen and oxygen atoms in total. The maximum Gasteiger partial charge on any atom is 0.115 e. The van der Waals surface area contributed by atoms with Crippen molar-refractivity contribution in [1.82, 2.24) is 9.97 Å². The van der Waals surface area contributed by atoms with E-state index in [-0.39, 0.29) is 0 Å². The van der Waals surface area contributed by atoms with E-state index in [1.807, 2.05) is 13.0 Å². The van der Waals surface area contributed by atoms with Crippen LogP contribution in [0.15, 0.2) is 24.7 Å². The Kier molecular flexibility index (Phi) is 3.33. The summed E-state index contributed by atoms with van der Waals surface area (Å²) in [6.07, 6.45) is 3.19. The Morgan fingerprint density at radius 3 is 2.44 bits per heavy atom. The summed E-state index contributed by atoms with van der Waals surface area (Å²) in [6, 6.07) is 3.51. The SMILES string of the molecule is Cc1ncncc1-c1ccc(Cl)c(Cl)c1Cl. The zero-order chi connectivity index (χ0) is 11.7. The first-order valence-electron chi connectivity index (χ1n) is 4.51. The maximum atomic E-state index is 6.13. The lowest BCUT2D eigenvalue weighted by Crippen LogP contribution is -1.90. The predicted molar refractivity (Wildman–Crippen MR) is 67.2 cm³/mol. The molecule has 16 heavy (non-hydrogen) atoms. The van der Waals surface area contributed by atoms with Crippen LogP contribution < -0.4 is 0 Å². The van der Waals surface area contributed by atoms with Crippen LogP contribution in [0.4, 0.5) is 0 Å². The van der Waals surface area contributed by atoms with Crippen LogP contribution in [-0.2, 0) is 0 Å². The Balaban J connectivity index is 2.66. The van der Waals surface area contributed by atoms with Gasteiger partial charge < -0.3 is 0 Å². The number of benzene rings is 1. The summed E-state index contributed by atoms with van der Waals surface area (Å²) in [5.41, 5.74) is 2.48. The second kappa shape index (κ2) is 4.58. The number of hydrogen-bond donors (Lipinski definition) is 0. The largest absolute Gasteiger partial charge is 0.244 e. The number of aromatic nitrogens is 2. The van der Waals surface area contributed by atoms with Gasteiger partial charge in [-0.3, -0.25) is 0 Å². The first-order chi connectivity index (χ1) is 7.61. The molecule has 0 spiro atoms. The summed E-state index contributed by atoms with van der Waals surface area (Å²) in [5, 5.41) is 1.21. The highest BCUT2D eigenvalue weighted by atomic mass is 35.5. The van der Waals surface area contributed by atoms with Crippen molar-refractivity contribution in [2.45, 2.75) is 6.92 Å².